The molecule has 2 atom stereocenters. The highest BCUT2D eigenvalue weighted by Crippen LogP contribution is 2.36. The molecule has 0 fully saturated rings. The van der Waals surface area contributed by atoms with Gasteiger partial charge < -0.3 is 9.84 Å². The molecule has 0 saturated carbocycles. The van der Waals surface area contributed by atoms with Crippen LogP contribution in [0.3, 0.4) is 0 Å². The molecular weight excluding hydrogens is 393 g/mol. The van der Waals surface area contributed by atoms with Crippen molar-refractivity contribution in [1.82, 2.24) is 4.72 Å². The highest BCUT2D eigenvalue weighted by atomic mass is 35.5. The van der Waals surface area contributed by atoms with Crippen molar-refractivity contribution in [2.24, 2.45) is 0 Å². The Hall–Kier alpha value is -1.96. The number of carboxylic acid groups (broad SMARTS) is 1. The summed E-state index contributed by atoms with van der Waals surface area (Å²) in [6.45, 7) is 5.20. The van der Waals surface area contributed by atoms with Gasteiger partial charge in [0.15, 0.2) is 11.6 Å². The van der Waals surface area contributed by atoms with E-state index >= 15 is 4.39 Å². The van der Waals surface area contributed by atoms with Crippen molar-refractivity contribution in [3.63, 3.8) is 0 Å². The first-order valence-corrected chi connectivity index (χ1v) is 9.73. The minimum Gasteiger partial charge on any atom is -0.481 e. The summed E-state index contributed by atoms with van der Waals surface area (Å²) in [6, 6.07) is 10.3. The SMILES string of the molecule is CC(C)(C)S(=O)N[C@H](CC(=O)O)c1ccc(Cl)c(Oc2ccccc2)c1F. The van der Waals surface area contributed by atoms with Crippen LogP contribution in [0, 0.1) is 5.82 Å². The maximum atomic E-state index is 15.1. The molecule has 2 aromatic carbocycles. The van der Waals surface area contributed by atoms with Gasteiger partial charge in [0.2, 0.25) is 0 Å². The fraction of sp³-hybridized carbons (Fsp3) is 0.316. The van der Waals surface area contributed by atoms with E-state index in [0.717, 1.165) is 0 Å². The molecule has 0 radical (unpaired) electrons. The molecule has 0 amide bonds. The highest BCUT2D eigenvalue weighted by Gasteiger charge is 2.28. The third-order valence-corrected chi connectivity index (χ3v) is 5.51. The first-order valence-electron chi connectivity index (χ1n) is 8.20. The van der Waals surface area contributed by atoms with Crippen molar-refractivity contribution >= 4 is 28.6 Å². The molecule has 27 heavy (non-hydrogen) atoms. The van der Waals surface area contributed by atoms with E-state index < -0.39 is 40.0 Å². The third-order valence-electron chi connectivity index (χ3n) is 3.60. The molecule has 0 bridgehead atoms. The zero-order valence-electron chi connectivity index (χ0n) is 15.2. The van der Waals surface area contributed by atoms with Crippen LogP contribution in [0.15, 0.2) is 42.5 Å². The zero-order valence-corrected chi connectivity index (χ0v) is 16.7. The molecule has 8 heteroatoms. The normalized spacial score (nSPS) is 13.8. The van der Waals surface area contributed by atoms with Crippen LogP contribution in [0.4, 0.5) is 4.39 Å². The Kier molecular flexibility index (Phi) is 6.97. The molecule has 0 aliphatic carbocycles. The Bertz CT molecular complexity index is 840. The molecule has 2 N–H and O–H groups in total. The molecule has 2 rings (SSSR count). The second-order valence-corrected chi connectivity index (χ2v) is 9.25. The van der Waals surface area contributed by atoms with E-state index in [4.69, 9.17) is 16.3 Å². The minimum absolute atomic E-state index is 0.0188. The quantitative estimate of drug-likeness (QED) is 0.681. The molecular formula is C19H21ClFNO4S. The van der Waals surface area contributed by atoms with Crippen molar-refractivity contribution < 1.29 is 23.2 Å². The summed E-state index contributed by atoms with van der Waals surface area (Å²) in [6.07, 6.45) is -0.453. The van der Waals surface area contributed by atoms with Crippen molar-refractivity contribution in [2.45, 2.75) is 38.0 Å². The van der Waals surface area contributed by atoms with E-state index in [9.17, 15) is 14.1 Å². The maximum absolute atomic E-state index is 15.1. The third kappa shape index (κ3) is 5.76. The minimum atomic E-state index is -1.60. The van der Waals surface area contributed by atoms with Gasteiger partial charge in [-0.1, -0.05) is 35.9 Å². The average molecular weight is 414 g/mol. The van der Waals surface area contributed by atoms with Crippen LogP contribution in [-0.4, -0.2) is 20.0 Å². The summed E-state index contributed by atoms with van der Waals surface area (Å²) in [5.74, 6) is -1.77. The lowest BCUT2D eigenvalue weighted by Crippen LogP contribution is -2.36. The molecule has 0 aromatic heterocycles. The number of nitrogens with one attached hydrogen (secondary N) is 1. The molecule has 0 heterocycles. The molecule has 0 aliphatic heterocycles. The lowest BCUT2D eigenvalue weighted by atomic mass is 10.0. The first-order chi connectivity index (χ1) is 12.6. The number of hydrogen-bond donors (Lipinski definition) is 2. The molecule has 5 nitrogen and oxygen atoms in total. The lowest BCUT2D eigenvalue weighted by Gasteiger charge is -2.24. The Balaban J connectivity index is 2.42. The number of hydrogen-bond acceptors (Lipinski definition) is 3. The van der Waals surface area contributed by atoms with E-state index in [1.165, 1.54) is 12.1 Å². The number of carboxylic acids is 1. The van der Waals surface area contributed by atoms with E-state index in [-0.39, 0.29) is 16.3 Å². The molecule has 2 aromatic rings. The lowest BCUT2D eigenvalue weighted by molar-refractivity contribution is -0.137. The smallest absolute Gasteiger partial charge is 0.305 e. The van der Waals surface area contributed by atoms with Gasteiger partial charge in [-0.25, -0.2) is 13.3 Å². The zero-order chi connectivity index (χ0) is 20.2. The fourth-order valence-corrected chi connectivity index (χ4v) is 3.22. The van der Waals surface area contributed by atoms with Crippen LogP contribution in [0.2, 0.25) is 5.02 Å². The van der Waals surface area contributed by atoms with Gasteiger partial charge in [0, 0.05) is 5.56 Å². The summed E-state index contributed by atoms with van der Waals surface area (Å²) >= 11 is 6.08. The summed E-state index contributed by atoms with van der Waals surface area (Å²) in [4.78, 5) is 11.2. The predicted octanol–water partition coefficient (Wildman–Crippen LogP) is 4.84. The van der Waals surface area contributed by atoms with Gasteiger partial charge >= 0.3 is 5.97 Å². The van der Waals surface area contributed by atoms with Crippen LogP contribution in [-0.2, 0) is 15.8 Å². The van der Waals surface area contributed by atoms with E-state index in [1.807, 2.05) is 0 Å². The summed E-state index contributed by atoms with van der Waals surface area (Å²) in [5.41, 5.74) is 0.0188. The molecule has 0 spiro atoms. The molecule has 1 unspecified atom stereocenters. The van der Waals surface area contributed by atoms with Crippen LogP contribution in [0.1, 0.15) is 38.8 Å². The fourth-order valence-electron chi connectivity index (χ4n) is 2.21. The standard InChI is InChI=1S/C19H21ClFNO4S/c1-19(2,3)27(25)22-15(11-16(23)24)13-9-10-14(20)18(17(13)21)26-12-7-5-4-6-8-12/h4-10,15,22H,11H2,1-3H3,(H,23,24)/t15-,27?/m1/s1. The summed E-state index contributed by atoms with van der Waals surface area (Å²) in [7, 11) is -1.60. The average Bonchev–Trinajstić information content (AvgIpc) is 2.58. The van der Waals surface area contributed by atoms with E-state index in [1.54, 1.807) is 51.1 Å². The summed E-state index contributed by atoms with van der Waals surface area (Å²) in [5, 5.41) is 9.24. The second kappa shape index (κ2) is 8.82. The number of para-hydroxylation sites is 1. The predicted molar refractivity (Wildman–Crippen MR) is 104 cm³/mol. The number of ether oxygens (including phenoxy) is 1. The van der Waals surface area contributed by atoms with Gasteiger partial charge in [0.25, 0.3) is 0 Å². The maximum Gasteiger partial charge on any atom is 0.305 e. The van der Waals surface area contributed by atoms with Gasteiger partial charge in [-0.3, -0.25) is 4.79 Å². The largest absolute Gasteiger partial charge is 0.481 e. The topological polar surface area (TPSA) is 75.6 Å². The Morgan fingerprint density at radius 1 is 1.26 bits per heavy atom. The molecule has 0 saturated heterocycles. The van der Waals surface area contributed by atoms with Gasteiger partial charge in [-0.2, -0.15) is 0 Å². The number of carbonyl (C=O) groups is 1. The van der Waals surface area contributed by atoms with Gasteiger partial charge in [-0.15, -0.1) is 0 Å². The highest BCUT2D eigenvalue weighted by molar-refractivity contribution is 7.84. The Morgan fingerprint density at radius 3 is 2.44 bits per heavy atom. The van der Waals surface area contributed by atoms with Gasteiger partial charge in [0.05, 0.1) is 33.2 Å². The van der Waals surface area contributed by atoms with Crippen LogP contribution < -0.4 is 9.46 Å². The number of halogens is 2. The molecule has 146 valence electrons. The number of rotatable bonds is 7. The van der Waals surface area contributed by atoms with Crippen molar-refractivity contribution in [3.05, 3.63) is 58.9 Å². The Labute approximate surface area is 165 Å². The van der Waals surface area contributed by atoms with Crippen LogP contribution >= 0.6 is 11.6 Å². The van der Waals surface area contributed by atoms with Crippen molar-refractivity contribution in [2.75, 3.05) is 0 Å². The summed E-state index contributed by atoms with van der Waals surface area (Å²) < 4.78 is 35.1. The first kappa shape index (κ1) is 21.3. The van der Waals surface area contributed by atoms with Gasteiger partial charge in [-0.05, 0) is 39.0 Å². The molecule has 0 aliphatic rings. The van der Waals surface area contributed by atoms with E-state index in [0.29, 0.717) is 5.75 Å². The number of aliphatic carboxylic acids is 1. The number of benzene rings is 2. The Morgan fingerprint density at radius 2 is 1.89 bits per heavy atom. The van der Waals surface area contributed by atoms with Crippen molar-refractivity contribution in [3.8, 4) is 11.5 Å². The van der Waals surface area contributed by atoms with Crippen molar-refractivity contribution in [1.29, 1.82) is 0 Å². The second-order valence-electron chi connectivity index (χ2n) is 6.84. The van der Waals surface area contributed by atoms with Crippen LogP contribution in [0.25, 0.3) is 0 Å². The van der Waals surface area contributed by atoms with Crippen LogP contribution in [0.5, 0.6) is 11.5 Å². The monoisotopic (exact) mass is 413 g/mol. The van der Waals surface area contributed by atoms with E-state index in [2.05, 4.69) is 4.72 Å². The van der Waals surface area contributed by atoms with Gasteiger partial charge in [0.1, 0.15) is 5.75 Å².